The van der Waals surface area contributed by atoms with Crippen LogP contribution in [-0.2, 0) is 0 Å². The molecule has 1 aliphatic rings. The summed E-state index contributed by atoms with van der Waals surface area (Å²) in [6.07, 6.45) is 1.84. The second-order valence-corrected chi connectivity index (χ2v) is 8.70. The summed E-state index contributed by atoms with van der Waals surface area (Å²) >= 11 is 10.9. The van der Waals surface area contributed by atoms with E-state index >= 15 is 0 Å². The number of aromatic nitrogens is 1. The quantitative estimate of drug-likeness (QED) is 0.769. The van der Waals surface area contributed by atoms with Crippen LogP contribution in [0.4, 0.5) is 0 Å². The smallest absolute Gasteiger partial charge is 0.170 e. The van der Waals surface area contributed by atoms with Crippen molar-refractivity contribution in [1.82, 2.24) is 15.2 Å². The van der Waals surface area contributed by atoms with Crippen LogP contribution in [0.15, 0.2) is 40.3 Å². The number of thiophene rings is 1. The lowest BCUT2D eigenvalue weighted by Gasteiger charge is -2.28. The minimum Gasteiger partial charge on any atom is -0.352 e. The maximum atomic E-state index is 5.60. The van der Waals surface area contributed by atoms with Gasteiger partial charge in [0.25, 0.3) is 0 Å². The summed E-state index contributed by atoms with van der Waals surface area (Å²) in [4.78, 5) is 8.14. The molecule has 116 valence electrons. The van der Waals surface area contributed by atoms with Crippen LogP contribution in [0.25, 0.3) is 0 Å². The molecule has 0 bridgehead atoms. The van der Waals surface area contributed by atoms with E-state index in [1.807, 2.05) is 18.3 Å². The number of pyridine rings is 1. The molecule has 0 aliphatic carbocycles. The Labute approximate surface area is 148 Å². The molecule has 3 heterocycles. The molecule has 0 spiro atoms. The van der Waals surface area contributed by atoms with Crippen molar-refractivity contribution in [1.29, 1.82) is 0 Å². The molecule has 1 saturated heterocycles. The minimum atomic E-state index is 0.0954. The molecule has 22 heavy (non-hydrogen) atoms. The third kappa shape index (κ3) is 3.19. The van der Waals surface area contributed by atoms with Gasteiger partial charge in [-0.15, -0.1) is 11.3 Å². The van der Waals surface area contributed by atoms with Gasteiger partial charge in [-0.3, -0.25) is 4.98 Å². The first-order chi connectivity index (χ1) is 10.6. The Morgan fingerprint density at radius 3 is 2.77 bits per heavy atom. The first-order valence-corrected chi connectivity index (χ1v) is 9.31. The highest BCUT2D eigenvalue weighted by Gasteiger charge is 2.40. The molecule has 3 nitrogen and oxygen atoms in total. The average Bonchev–Trinajstić information content (AvgIpc) is 3.04. The third-order valence-electron chi connectivity index (χ3n) is 3.65. The molecular formula is C16H18BrN3S2. The zero-order valence-electron chi connectivity index (χ0n) is 12.5. The topological polar surface area (TPSA) is 28.2 Å². The van der Waals surface area contributed by atoms with E-state index < -0.39 is 0 Å². The molecule has 0 radical (unpaired) electrons. The van der Waals surface area contributed by atoms with Crippen molar-refractivity contribution in [2.45, 2.75) is 25.9 Å². The van der Waals surface area contributed by atoms with E-state index in [-0.39, 0.29) is 12.1 Å². The van der Waals surface area contributed by atoms with E-state index in [0.717, 1.165) is 21.1 Å². The predicted molar refractivity (Wildman–Crippen MR) is 99.0 cm³/mol. The number of thiocarbonyl (C=S) groups is 1. The van der Waals surface area contributed by atoms with E-state index in [4.69, 9.17) is 12.2 Å². The van der Waals surface area contributed by atoms with Crippen molar-refractivity contribution >= 4 is 44.6 Å². The van der Waals surface area contributed by atoms with Gasteiger partial charge in [0.15, 0.2) is 5.11 Å². The molecule has 2 aromatic heterocycles. The van der Waals surface area contributed by atoms with Gasteiger partial charge in [0, 0.05) is 17.6 Å². The number of rotatable bonds is 4. The highest BCUT2D eigenvalue weighted by Crippen LogP contribution is 2.42. The fourth-order valence-electron chi connectivity index (χ4n) is 2.79. The molecule has 6 heteroatoms. The fraction of sp³-hybridized carbons (Fsp3) is 0.375. The van der Waals surface area contributed by atoms with E-state index in [2.05, 4.69) is 63.2 Å². The maximum absolute atomic E-state index is 5.60. The third-order valence-corrected chi connectivity index (χ3v) is 5.69. The minimum absolute atomic E-state index is 0.0954. The number of hydrogen-bond acceptors (Lipinski definition) is 3. The summed E-state index contributed by atoms with van der Waals surface area (Å²) in [5.74, 6) is 0.549. The van der Waals surface area contributed by atoms with Gasteiger partial charge in [0.1, 0.15) is 0 Å². The van der Waals surface area contributed by atoms with Crippen LogP contribution in [0, 0.1) is 5.92 Å². The van der Waals surface area contributed by atoms with Crippen LogP contribution < -0.4 is 5.32 Å². The van der Waals surface area contributed by atoms with E-state index in [1.54, 1.807) is 11.3 Å². The fourth-order valence-corrected chi connectivity index (χ4v) is 4.68. The second-order valence-electron chi connectivity index (χ2n) is 5.81. The highest BCUT2D eigenvalue weighted by atomic mass is 79.9. The Hall–Kier alpha value is -0.980. The molecule has 2 aromatic rings. The predicted octanol–water partition coefficient (Wildman–Crippen LogP) is 4.53. The molecule has 1 aliphatic heterocycles. The lowest BCUT2D eigenvalue weighted by molar-refractivity contribution is 0.291. The van der Waals surface area contributed by atoms with Crippen LogP contribution in [0.3, 0.4) is 0 Å². The molecule has 3 rings (SSSR count). The molecule has 2 atom stereocenters. The van der Waals surface area contributed by atoms with Gasteiger partial charge in [-0.05, 0) is 58.3 Å². The van der Waals surface area contributed by atoms with Crippen molar-refractivity contribution in [3.05, 3.63) is 50.9 Å². The van der Waals surface area contributed by atoms with E-state index in [9.17, 15) is 0 Å². The van der Waals surface area contributed by atoms with Gasteiger partial charge in [0.05, 0.1) is 21.6 Å². The van der Waals surface area contributed by atoms with Crippen LogP contribution in [0.1, 0.15) is 36.5 Å². The van der Waals surface area contributed by atoms with Gasteiger partial charge in [0.2, 0.25) is 0 Å². The Morgan fingerprint density at radius 1 is 1.36 bits per heavy atom. The average molecular weight is 396 g/mol. The molecule has 0 amide bonds. The zero-order chi connectivity index (χ0) is 15.7. The van der Waals surface area contributed by atoms with Crippen LogP contribution >= 0.6 is 39.5 Å². The van der Waals surface area contributed by atoms with Gasteiger partial charge < -0.3 is 10.2 Å². The summed E-state index contributed by atoms with van der Waals surface area (Å²) in [5, 5.41) is 4.29. The molecule has 0 saturated carbocycles. The van der Waals surface area contributed by atoms with Crippen LogP contribution in [0.5, 0.6) is 0 Å². The molecule has 0 unspecified atom stereocenters. The standard InChI is InChI=1S/C16H18BrN3S2/c1-10(2)9-20-15(12-6-7-13(17)22-12)14(19-16(20)21)11-5-3-4-8-18-11/h3-8,10,14-15H,9H2,1-2H3,(H,19,21)/t14-,15+/m1/s1. The Bertz CT molecular complexity index is 656. The van der Waals surface area contributed by atoms with Crippen molar-refractivity contribution in [3.63, 3.8) is 0 Å². The van der Waals surface area contributed by atoms with Gasteiger partial charge in [-0.25, -0.2) is 0 Å². The summed E-state index contributed by atoms with van der Waals surface area (Å²) in [6, 6.07) is 10.6. The van der Waals surface area contributed by atoms with Crippen molar-refractivity contribution in [2.75, 3.05) is 6.54 Å². The Kier molecular flexibility index (Phi) is 4.80. The molecule has 1 fully saturated rings. The first-order valence-electron chi connectivity index (χ1n) is 7.29. The SMILES string of the molecule is CC(C)CN1C(=S)N[C@H](c2ccccn2)[C@@H]1c1ccc(Br)s1. The molecular weight excluding hydrogens is 378 g/mol. The monoisotopic (exact) mass is 395 g/mol. The van der Waals surface area contributed by atoms with Crippen molar-refractivity contribution in [3.8, 4) is 0 Å². The summed E-state index contributed by atoms with van der Waals surface area (Å²) in [5.41, 5.74) is 1.03. The number of hydrogen-bond donors (Lipinski definition) is 1. The molecule has 0 aromatic carbocycles. The summed E-state index contributed by atoms with van der Waals surface area (Å²) < 4.78 is 1.14. The van der Waals surface area contributed by atoms with Crippen molar-refractivity contribution < 1.29 is 0 Å². The van der Waals surface area contributed by atoms with Gasteiger partial charge >= 0.3 is 0 Å². The summed E-state index contributed by atoms with van der Waals surface area (Å²) in [7, 11) is 0. The lowest BCUT2D eigenvalue weighted by atomic mass is 10.0. The maximum Gasteiger partial charge on any atom is 0.170 e. The lowest BCUT2D eigenvalue weighted by Crippen LogP contribution is -2.32. The van der Waals surface area contributed by atoms with Crippen molar-refractivity contribution in [2.24, 2.45) is 5.92 Å². The molecule has 1 N–H and O–H groups in total. The van der Waals surface area contributed by atoms with E-state index in [1.165, 1.54) is 4.88 Å². The number of nitrogens with zero attached hydrogens (tertiary/aromatic N) is 2. The second kappa shape index (κ2) is 6.64. The number of nitrogens with one attached hydrogen (secondary N) is 1. The van der Waals surface area contributed by atoms with Gasteiger partial charge in [-0.2, -0.15) is 0 Å². The Balaban J connectivity index is 2.00. The number of halogens is 1. The van der Waals surface area contributed by atoms with E-state index in [0.29, 0.717) is 5.92 Å². The summed E-state index contributed by atoms with van der Waals surface area (Å²) in [6.45, 7) is 5.38. The van der Waals surface area contributed by atoms with Crippen LogP contribution in [0.2, 0.25) is 0 Å². The zero-order valence-corrected chi connectivity index (χ0v) is 15.7. The normalized spacial score (nSPS) is 21.5. The van der Waals surface area contributed by atoms with Crippen LogP contribution in [-0.4, -0.2) is 21.5 Å². The largest absolute Gasteiger partial charge is 0.352 e. The Morgan fingerprint density at radius 2 is 2.18 bits per heavy atom. The van der Waals surface area contributed by atoms with Gasteiger partial charge in [-0.1, -0.05) is 19.9 Å². The highest BCUT2D eigenvalue weighted by molar-refractivity contribution is 9.11. The first kappa shape index (κ1) is 15.9.